The summed E-state index contributed by atoms with van der Waals surface area (Å²) in [6.45, 7) is 13.0. The Morgan fingerprint density at radius 1 is 1.14 bits per heavy atom. The molecule has 1 aliphatic rings. The second-order valence-corrected chi connectivity index (χ2v) is 8.95. The molecule has 0 bridgehead atoms. The van der Waals surface area contributed by atoms with Gasteiger partial charge in [-0.05, 0) is 63.3 Å². The van der Waals surface area contributed by atoms with Crippen LogP contribution in [0.15, 0.2) is 29.4 Å². The number of aliphatic hydroxyl groups is 1. The van der Waals surface area contributed by atoms with Gasteiger partial charge < -0.3 is 32.4 Å². The second-order valence-electron chi connectivity index (χ2n) is 8.95. The first kappa shape index (κ1) is 31.2. The molecule has 13 nitrogen and oxygen atoms in total. The third-order valence-electron chi connectivity index (χ3n) is 5.94. The molecule has 1 saturated heterocycles. The Bertz CT molecular complexity index is 1100. The van der Waals surface area contributed by atoms with Crippen LogP contribution in [0.25, 0.3) is 0 Å². The summed E-state index contributed by atoms with van der Waals surface area (Å²) < 4.78 is 0. The topological polar surface area (TPSA) is 200 Å². The molecule has 0 aliphatic carbocycles. The van der Waals surface area contributed by atoms with E-state index in [1.165, 1.54) is 0 Å². The van der Waals surface area contributed by atoms with Gasteiger partial charge in [-0.15, -0.1) is 10.2 Å². The molecule has 37 heavy (non-hydrogen) atoms. The Morgan fingerprint density at radius 3 is 2.27 bits per heavy atom. The molecule has 1 fully saturated rings. The maximum Gasteiger partial charge on any atom is 0.190 e. The lowest BCUT2D eigenvalue weighted by Gasteiger charge is -2.38. The van der Waals surface area contributed by atoms with Gasteiger partial charge in [-0.1, -0.05) is 20.8 Å². The first-order chi connectivity index (χ1) is 17.6. The van der Waals surface area contributed by atoms with Crippen LogP contribution in [-0.4, -0.2) is 56.7 Å². The number of nitrogen functional groups attached to an aromatic ring is 2. The van der Waals surface area contributed by atoms with Gasteiger partial charge in [-0.2, -0.15) is 19.9 Å². The van der Waals surface area contributed by atoms with Crippen molar-refractivity contribution < 1.29 is 5.11 Å². The molecule has 0 amide bonds. The van der Waals surface area contributed by atoms with Crippen LogP contribution in [0.1, 0.15) is 60.3 Å². The average Bonchev–Trinajstić information content (AvgIpc) is 2.89. The Labute approximate surface area is 219 Å². The minimum Gasteiger partial charge on any atom is -0.390 e. The van der Waals surface area contributed by atoms with Crippen molar-refractivity contribution in [1.29, 1.82) is 10.7 Å². The van der Waals surface area contributed by atoms with Gasteiger partial charge in [0.2, 0.25) is 0 Å². The number of anilines is 2. The van der Waals surface area contributed by atoms with E-state index in [9.17, 15) is 5.11 Å². The minimum absolute atomic E-state index is 0.185. The van der Waals surface area contributed by atoms with Crippen molar-refractivity contribution in [1.82, 2.24) is 19.8 Å². The number of nitrogens with two attached hydrogens (primary N) is 3. The number of nitriles is 1. The second kappa shape index (κ2) is 15.4. The third kappa shape index (κ3) is 9.64. The fourth-order valence-corrected chi connectivity index (χ4v) is 3.90. The molecule has 2 aromatic rings. The van der Waals surface area contributed by atoms with E-state index in [0.29, 0.717) is 24.4 Å². The largest absolute Gasteiger partial charge is 0.390 e. The van der Waals surface area contributed by atoms with E-state index in [1.54, 1.807) is 18.2 Å². The molecule has 0 unspecified atom stereocenters. The van der Waals surface area contributed by atoms with Crippen LogP contribution >= 0.6 is 0 Å². The molecule has 0 spiro atoms. The number of rotatable bonds is 7. The van der Waals surface area contributed by atoms with E-state index in [2.05, 4.69) is 33.2 Å². The average molecular weight is 517 g/mol. The fourth-order valence-electron chi connectivity index (χ4n) is 3.90. The van der Waals surface area contributed by atoms with Gasteiger partial charge in [0.1, 0.15) is 0 Å². The first-order valence-electron chi connectivity index (χ1n) is 12.7. The highest BCUT2D eigenvalue weighted by Gasteiger charge is 2.30. The predicted octanol–water partition coefficient (Wildman–Crippen LogP) is 0.591. The normalized spacial score (nSPS) is 14.1. The summed E-state index contributed by atoms with van der Waals surface area (Å²) in [5, 5.41) is 37.9. The van der Waals surface area contributed by atoms with Crippen LogP contribution in [0.2, 0.25) is 0 Å². The van der Waals surface area contributed by atoms with E-state index in [-0.39, 0.29) is 5.49 Å². The molecule has 0 atom stereocenters. The van der Waals surface area contributed by atoms with Crippen molar-refractivity contribution in [3.63, 3.8) is 0 Å². The Morgan fingerprint density at radius 2 is 1.78 bits per heavy atom. The molecular formula is C24H44N12O. The molecule has 206 valence electrons. The highest BCUT2D eigenvalue weighted by molar-refractivity contribution is 5.37. The number of aromatic nitrogens is 4. The Balaban J connectivity index is 0.000000348. The van der Waals surface area contributed by atoms with Gasteiger partial charge in [0.05, 0.1) is 18.1 Å². The highest BCUT2D eigenvalue weighted by Crippen LogP contribution is 2.29. The van der Waals surface area contributed by atoms with Gasteiger partial charge in [0, 0.05) is 26.2 Å². The number of hydrogen-bond donors (Lipinski definition) is 5. The van der Waals surface area contributed by atoms with Crippen molar-refractivity contribution in [3.8, 4) is 6.07 Å². The quantitative estimate of drug-likeness (QED) is 0.258. The molecule has 3 rings (SSSR count). The summed E-state index contributed by atoms with van der Waals surface area (Å²) in [6, 6.07) is 9.06. The zero-order valence-corrected chi connectivity index (χ0v) is 22.8. The lowest BCUT2D eigenvalue weighted by atomic mass is 9.83. The highest BCUT2D eigenvalue weighted by atomic mass is 16.3. The van der Waals surface area contributed by atoms with E-state index in [0.717, 1.165) is 60.1 Å². The lowest BCUT2D eigenvalue weighted by molar-refractivity contribution is 0.00644. The van der Waals surface area contributed by atoms with Crippen molar-refractivity contribution in [2.45, 2.75) is 65.9 Å². The Hall–Kier alpha value is -3.79. The lowest BCUT2D eigenvalue weighted by Crippen LogP contribution is -2.43. The van der Waals surface area contributed by atoms with Crippen molar-refractivity contribution in [2.24, 2.45) is 16.9 Å². The SMILES string of the molecule is CC.CC(C)(O)C1CCN(c2ccc(=N)n(N)n2)CC1.CCCN(CCC#N)c1cc/c(=N/N)n(N)n1. The van der Waals surface area contributed by atoms with E-state index >= 15 is 0 Å². The van der Waals surface area contributed by atoms with Crippen LogP contribution in [0.5, 0.6) is 0 Å². The van der Waals surface area contributed by atoms with Gasteiger partial charge in [-0.3, -0.25) is 5.41 Å². The zero-order chi connectivity index (χ0) is 28.0. The van der Waals surface area contributed by atoms with Crippen molar-refractivity contribution in [3.05, 3.63) is 35.2 Å². The summed E-state index contributed by atoms with van der Waals surface area (Å²) in [5.41, 5.74) is -0.0335. The summed E-state index contributed by atoms with van der Waals surface area (Å²) in [6.07, 6.45) is 3.31. The van der Waals surface area contributed by atoms with Crippen LogP contribution in [0.4, 0.5) is 11.6 Å². The van der Waals surface area contributed by atoms with Crippen LogP contribution in [0, 0.1) is 22.7 Å². The molecule has 13 heteroatoms. The predicted molar refractivity (Wildman–Crippen MR) is 146 cm³/mol. The summed E-state index contributed by atoms with van der Waals surface area (Å²) >= 11 is 0. The monoisotopic (exact) mass is 516 g/mol. The summed E-state index contributed by atoms with van der Waals surface area (Å²) in [5.74, 6) is 18.2. The van der Waals surface area contributed by atoms with Crippen LogP contribution < -0.4 is 38.3 Å². The molecule has 0 aromatic carbocycles. The van der Waals surface area contributed by atoms with Gasteiger partial charge in [0.15, 0.2) is 22.6 Å². The number of nitrogens with one attached hydrogen (secondary N) is 1. The first-order valence-corrected chi connectivity index (χ1v) is 12.7. The van der Waals surface area contributed by atoms with E-state index < -0.39 is 5.60 Å². The molecular weight excluding hydrogens is 472 g/mol. The molecule has 8 N–H and O–H groups in total. The molecule has 0 saturated carbocycles. The molecule has 3 heterocycles. The Kier molecular flexibility index (Phi) is 13.0. The molecule has 1 aliphatic heterocycles. The van der Waals surface area contributed by atoms with Crippen LogP contribution in [0.3, 0.4) is 0 Å². The van der Waals surface area contributed by atoms with Crippen LogP contribution in [-0.2, 0) is 0 Å². The standard InChI is InChI=1S/C12H21N5O.C10H17N7.C2H6/c1-12(2,18)9-5-7-16(8-6-9)11-4-3-10(13)17(14)15-11;1-2-7-16(8-3-6-11)10-5-4-9(14-12)17(13)15-10;1-2/h3-4,9,13,18H,5-8,14H2,1-2H3;4-5H,2-3,7-8,12-13H2,1H3;1-2H3/b;14-9-;. The summed E-state index contributed by atoms with van der Waals surface area (Å²) in [4.78, 5) is 6.36. The summed E-state index contributed by atoms with van der Waals surface area (Å²) in [7, 11) is 0. The van der Waals surface area contributed by atoms with Gasteiger partial charge in [0.25, 0.3) is 0 Å². The van der Waals surface area contributed by atoms with Gasteiger partial charge >= 0.3 is 0 Å². The van der Waals surface area contributed by atoms with Crippen molar-refractivity contribution >= 4 is 11.6 Å². The third-order valence-corrected chi connectivity index (χ3v) is 5.94. The number of piperidine rings is 1. The number of hydrogen-bond acceptors (Lipinski definition) is 11. The van der Waals surface area contributed by atoms with Gasteiger partial charge in [-0.25, -0.2) is 0 Å². The fraction of sp³-hybridized carbons (Fsp3) is 0.625. The maximum atomic E-state index is 10.00. The number of nitrogens with zero attached hydrogens (tertiary/aromatic N) is 8. The van der Waals surface area contributed by atoms with Crippen molar-refractivity contribution in [2.75, 3.05) is 47.7 Å². The van der Waals surface area contributed by atoms with E-state index in [4.69, 9.17) is 28.2 Å². The smallest absolute Gasteiger partial charge is 0.190 e. The molecule has 2 aromatic heterocycles. The zero-order valence-electron chi connectivity index (χ0n) is 22.8. The van der Waals surface area contributed by atoms with E-state index in [1.807, 2.05) is 38.7 Å². The maximum absolute atomic E-state index is 10.00. The molecule has 0 radical (unpaired) electrons. The minimum atomic E-state index is -0.613.